The fourth-order valence-electron chi connectivity index (χ4n) is 2.20. The summed E-state index contributed by atoms with van der Waals surface area (Å²) in [6.45, 7) is 0.324. The predicted octanol–water partition coefficient (Wildman–Crippen LogP) is 3.16. The molecule has 1 amide bonds. The number of amides is 1. The first kappa shape index (κ1) is 12.8. The van der Waals surface area contributed by atoms with Crippen LogP contribution in [0.4, 0.5) is 5.69 Å². The standard InChI is InChI=1S/C15H12ClNO3/c16-12-6-5-9(7-13(12)18)17-15(19)11-8-20-14-4-2-1-3-10(11)14/h1-7,11,18H,8H2,(H,17,19). The van der Waals surface area contributed by atoms with Gasteiger partial charge >= 0.3 is 0 Å². The van der Waals surface area contributed by atoms with Crippen LogP contribution in [0.3, 0.4) is 0 Å². The van der Waals surface area contributed by atoms with E-state index in [2.05, 4.69) is 5.32 Å². The van der Waals surface area contributed by atoms with Gasteiger partial charge in [0.2, 0.25) is 5.91 Å². The molecule has 2 aromatic carbocycles. The second-order valence-corrected chi connectivity index (χ2v) is 4.96. The van der Waals surface area contributed by atoms with Gasteiger partial charge in [-0.2, -0.15) is 0 Å². The summed E-state index contributed by atoms with van der Waals surface area (Å²) in [7, 11) is 0. The molecule has 3 rings (SSSR count). The smallest absolute Gasteiger partial charge is 0.235 e. The van der Waals surface area contributed by atoms with Crippen LogP contribution in [0.5, 0.6) is 11.5 Å². The molecule has 0 saturated carbocycles. The van der Waals surface area contributed by atoms with Gasteiger partial charge in [-0.1, -0.05) is 29.8 Å². The first-order valence-corrected chi connectivity index (χ1v) is 6.54. The van der Waals surface area contributed by atoms with E-state index in [0.29, 0.717) is 12.3 Å². The third kappa shape index (κ3) is 2.30. The number of benzene rings is 2. The summed E-state index contributed by atoms with van der Waals surface area (Å²) in [6.07, 6.45) is 0. The molecule has 0 aromatic heterocycles. The van der Waals surface area contributed by atoms with Crippen molar-refractivity contribution in [1.82, 2.24) is 0 Å². The fraction of sp³-hybridized carbons (Fsp3) is 0.133. The van der Waals surface area contributed by atoms with Crippen molar-refractivity contribution in [2.45, 2.75) is 5.92 Å². The Morgan fingerprint density at radius 2 is 2.10 bits per heavy atom. The zero-order valence-corrected chi connectivity index (χ0v) is 11.2. The maximum absolute atomic E-state index is 12.3. The number of fused-ring (bicyclic) bond motifs is 1. The Hall–Kier alpha value is -2.20. The van der Waals surface area contributed by atoms with E-state index < -0.39 is 0 Å². The van der Waals surface area contributed by atoms with Gasteiger partial charge in [0, 0.05) is 17.3 Å². The molecule has 0 radical (unpaired) electrons. The minimum Gasteiger partial charge on any atom is -0.506 e. The lowest BCUT2D eigenvalue weighted by Crippen LogP contribution is -2.22. The third-order valence-electron chi connectivity index (χ3n) is 3.23. The van der Waals surface area contributed by atoms with Gasteiger partial charge in [-0.15, -0.1) is 0 Å². The number of carbonyl (C=O) groups is 1. The summed E-state index contributed by atoms with van der Waals surface area (Å²) < 4.78 is 5.48. The molecule has 0 saturated heterocycles. The molecule has 2 aromatic rings. The van der Waals surface area contributed by atoms with Gasteiger partial charge in [0.15, 0.2) is 0 Å². The number of para-hydroxylation sites is 1. The summed E-state index contributed by atoms with van der Waals surface area (Å²) in [5, 5.41) is 12.5. The Bertz CT molecular complexity index is 672. The Morgan fingerprint density at radius 1 is 1.30 bits per heavy atom. The van der Waals surface area contributed by atoms with E-state index in [1.165, 1.54) is 12.1 Å². The fourth-order valence-corrected chi connectivity index (χ4v) is 2.32. The molecular formula is C15H12ClNO3. The topological polar surface area (TPSA) is 58.6 Å². The van der Waals surface area contributed by atoms with Crippen LogP contribution in [0.1, 0.15) is 11.5 Å². The molecule has 20 heavy (non-hydrogen) atoms. The number of nitrogens with one attached hydrogen (secondary N) is 1. The van der Waals surface area contributed by atoms with Crippen molar-refractivity contribution in [2.24, 2.45) is 0 Å². The van der Waals surface area contributed by atoms with Crippen molar-refractivity contribution in [3.05, 3.63) is 53.1 Å². The average Bonchev–Trinajstić information content (AvgIpc) is 2.87. The number of phenols is 1. The molecule has 0 spiro atoms. The lowest BCUT2D eigenvalue weighted by molar-refractivity contribution is -0.117. The van der Waals surface area contributed by atoms with Gasteiger partial charge < -0.3 is 15.2 Å². The molecular weight excluding hydrogens is 278 g/mol. The van der Waals surface area contributed by atoms with Crippen LogP contribution in [-0.4, -0.2) is 17.6 Å². The summed E-state index contributed by atoms with van der Waals surface area (Å²) in [5.74, 6) is 0.167. The SMILES string of the molecule is O=C(Nc1ccc(Cl)c(O)c1)C1COc2ccccc21. The van der Waals surface area contributed by atoms with Crippen LogP contribution in [0, 0.1) is 0 Å². The normalized spacial score (nSPS) is 16.4. The van der Waals surface area contributed by atoms with E-state index in [1.54, 1.807) is 6.07 Å². The third-order valence-corrected chi connectivity index (χ3v) is 3.55. The molecule has 4 nitrogen and oxygen atoms in total. The van der Waals surface area contributed by atoms with Crippen molar-refractivity contribution in [2.75, 3.05) is 11.9 Å². The minimum absolute atomic E-state index is 0.0625. The number of anilines is 1. The molecule has 2 N–H and O–H groups in total. The molecule has 1 heterocycles. The van der Waals surface area contributed by atoms with E-state index in [0.717, 1.165) is 11.3 Å². The number of aromatic hydroxyl groups is 1. The molecule has 5 heteroatoms. The summed E-state index contributed by atoms with van der Waals surface area (Å²) in [5.41, 5.74) is 1.38. The number of hydrogen-bond acceptors (Lipinski definition) is 3. The highest BCUT2D eigenvalue weighted by molar-refractivity contribution is 6.32. The lowest BCUT2D eigenvalue weighted by Gasteiger charge is -2.10. The van der Waals surface area contributed by atoms with Gasteiger partial charge in [0.05, 0.1) is 5.02 Å². The van der Waals surface area contributed by atoms with E-state index in [1.807, 2.05) is 24.3 Å². The molecule has 0 aliphatic carbocycles. The van der Waals surface area contributed by atoms with Crippen molar-refractivity contribution in [1.29, 1.82) is 0 Å². The van der Waals surface area contributed by atoms with Crippen LogP contribution in [0.15, 0.2) is 42.5 Å². The monoisotopic (exact) mass is 289 g/mol. The molecule has 1 aliphatic rings. The predicted molar refractivity (Wildman–Crippen MR) is 76.4 cm³/mol. The summed E-state index contributed by atoms with van der Waals surface area (Å²) in [6, 6.07) is 12.1. The van der Waals surface area contributed by atoms with E-state index >= 15 is 0 Å². The lowest BCUT2D eigenvalue weighted by atomic mass is 10.0. The van der Waals surface area contributed by atoms with Crippen molar-refractivity contribution in [3.8, 4) is 11.5 Å². The Kier molecular flexibility index (Phi) is 3.24. The Morgan fingerprint density at radius 3 is 2.90 bits per heavy atom. The van der Waals surface area contributed by atoms with Crippen LogP contribution < -0.4 is 10.1 Å². The van der Waals surface area contributed by atoms with Crippen molar-refractivity contribution in [3.63, 3.8) is 0 Å². The first-order valence-electron chi connectivity index (χ1n) is 6.16. The largest absolute Gasteiger partial charge is 0.506 e. The maximum atomic E-state index is 12.3. The molecule has 102 valence electrons. The van der Waals surface area contributed by atoms with Crippen LogP contribution in [0.25, 0.3) is 0 Å². The van der Waals surface area contributed by atoms with E-state index in [4.69, 9.17) is 16.3 Å². The molecule has 1 aliphatic heterocycles. The maximum Gasteiger partial charge on any atom is 0.235 e. The molecule has 1 atom stereocenters. The van der Waals surface area contributed by atoms with Gasteiger partial charge in [-0.05, 0) is 18.2 Å². The van der Waals surface area contributed by atoms with Crippen LogP contribution >= 0.6 is 11.6 Å². The number of ether oxygens (including phenoxy) is 1. The van der Waals surface area contributed by atoms with Crippen molar-refractivity contribution >= 4 is 23.2 Å². The number of halogens is 1. The van der Waals surface area contributed by atoms with Crippen LogP contribution in [0.2, 0.25) is 5.02 Å². The number of rotatable bonds is 2. The van der Waals surface area contributed by atoms with Gasteiger partial charge in [-0.25, -0.2) is 0 Å². The van der Waals surface area contributed by atoms with Crippen molar-refractivity contribution < 1.29 is 14.6 Å². The van der Waals surface area contributed by atoms with Gasteiger partial charge in [0.25, 0.3) is 0 Å². The highest BCUT2D eigenvalue weighted by atomic mass is 35.5. The second kappa shape index (κ2) is 5.06. The van der Waals surface area contributed by atoms with E-state index in [9.17, 15) is 9.90 Å². The van der Waals surface area contributed by atoms with Crippen LogP contribution in [-0.2, 0) is 4.79 Å². The number of phenolic OH excluding ortho intramolecular Hbond substituents is 1. The quantitative estimate of drug-likeness (QED) is 0.893. The van der Waals surface area contributed by atoms with Gasteiger partial charge in [0.1, 0.15) is 24.0 Å². The minimum atomic E-state index is -0.343. The molecule has 0 fully saturated rings. The number of carbonyl (C=O) groups excluding carboxylic acids is 1. The summed E-state index contributed by atoms with van der Waals surface area (Å²) >= 11 is 5.73. The Labute approximate surface area is 120 Å². The van der Waals surface area contributed by atoms with E-state index in [-0.39, 0.29) is 22.6 Å². The summed E-state index contributed by atoms with van der Waals surface area (Å²) in [4.78, 5) is 12.3. The zero-order chi connectivity index (χ0) is 14.1. The zero-order valence-electron chi connectivity index (χ0n) is 10.5. The average molecular weight is 290 g/mol. The molecule has 1 unspecified atom stereocenters. The highest BCUT2D eigenvalue weighted by Gasteiger charge is 2.30. The number of hydrogen-bond donors (Lipinski definition) is 2. The highest BCUT2D eigenvalue weighted by Crippen LogP contribution is 2.34. The Balaban J connectivity index is 1.79. The second-order valence-electron chi connectivity index (χ2n) is 4.56. The van der Waals surface area contributed by atoms with Gasteiger partial charge in [-0.3, -0.25) is 4.79 Å². The molecule has 0 bridgehead atoms. The first-order chi connectivity index (χ1) is 9.65.